The van der Waals surface area contributed by atoms with E-state index >= 15 is 0 Å². The van der Waals surface area contributed by atoms with Crippen LogP contribution < -0.4 is 5.32 Å². The molecule has 0 spiro atoms. The van der Waals surface area contributed by atoms with Crippen molar-refractivity contribution in [1.82, 2.24) is 15.1 Å². The van der Waals surface area contributed by atoms with Gasteiger partial charge in [0.15, 0.2) is 0 Å². The van der Waals surface area contributed by atoms with E-state index in [-0.39, 0.29) is 23.6 Å². The predicted molar refractivity (Wildman–Crippen MR) is 112 cm³/mol. The maximum Gasteiger partial charge on any atom is 0.259 e. The molecule has 0 atom stereocenters. The smallest absolute Gasteiger partial charge is 0.259 e. The van der Waals surface area contributed by atoms with Crippen LogP contribution in [-0.2, 0) is 4.79 Å². The molecule has 152 valence electrons. The molecule has 4 rings (SSSR count). The van der Waals surface area contributed by atoms with Crippen LogP contribution in [0.2, 0.25) is 0 Å². The van der Waals surface area contributed by atoms with Crippen LogP contribution in [0.25, 0.3) is 12.2 Å². The van der Waals surface area contributed by atoms with E-state index in [0.29, 0.717) is 48.4 Å². The predicted octanol–water partition coefficient (Wildman–Crippen LogP) is 2.04. The average molecular weight is 403 g/mol. The van der Waals surface area contributed by atoms with Crippen molar-refractivity contribution in [3.63, 3.8) is 0 Å². The summed E-state index contributed by atoms with van der Waals surface area (Å²) in [5.74, 6) is -0.785. The molecule has 7 nitrogen and oxygen atoms in total. The number of benzene rings is 2. The summed E-state index contributed by atoms with van der Waals surface area (Å²) in [6, 6.07) is 12.4. The molecule has 0 saturated carbocycles. The third-order valence-corrected chi connectivity index (χ3v) is 5.42. The van der Waals surface area contributed by atoms with Crippen LogP contribution in [0.4, 0.5) is 0 Å². The van der Waals surface area contributed by atoms with Crippen molar-refractivity contribution >= 4 is 35.8 Å². The maximum absolute atomic E-state index is 12.7. The number of carbonyl (C=O) groups excluding carboxylic acids is 4. The Bertz CT molecular complexity index is 1060. The van der Waals surface area contributed by atoms with Crippen LogP contribution in [0.3, 0.4) is 0 Å². The summed E-state index contributed by atoms with van der Waals surface area (Å²) in [7, 11) is 0. The molecule has 0 bridgehead atoms. The molecule has 0 aliphatic carbocycles. The number of imide groups is 1. The van der Waals surface area contributed by atoms with Crippen molar-refractivity contribution in [2.24, 2.45) is 0 Å². The first-order chi connectivity index (χ1) is 14.4. The molecule has 2 aromatic carbocycles. The molecule has 1 fully saturated rings. The van der Waals surface area contributed by atoms with Gasteiger partial charge in [0.25, 0.3) is 17.7 Å². The maximum atomic E-state index is 12.7. The highest BCUT2D eigenvalue weighted by atomic mass is 16.2. The molecule has 1 saturated heterocycles. The minimum absolute atomic E-state index is 0.0316. The van der Waals surface area contributed by atoms with Gasteiger partial charge in [-0.05, 0) is 29.3 Å². The normalized spacial score (nSPS) is 16.0. The molecular formula is C23H21N3O4. The number of hydrogen-bond donors (Lipinski definition) is 1. The van der Waals surface area contributed by atoms with Gasteiger partial charge in [-0.1, -0.05) is 36.4 Å². The van der Waals surface area contributed by atoms with E-state index in [4.69, 9.17) is 0 Å². The molecule has 30 heavy (non-hydrogen) atoms. The van der Waals surface area contributed by atoms with E-state index in [9.17, 15) is 19.2 Å². The summed E-state index contributed by atoms with van der Waals surface area (Å²) >= 11 is 0. The second kappa shape index (κ2) is 7.94. The lowest BCUT2D eigenvalue weighted by molar-refractivity contribution is -0.130. The Morgan fingerprint density at radius 3 is 2.20 bits per heavy atom. The van der Waals surface area contributed by atoms with E-state index < -0.39 is 0 Å². The molecule has 0 unspecified atom stereocenters. The summed E-state index contributed by atoms with van der Waals surface area (Å²) in [6.45, 7) is 3.70. The highest BCUT2D eigenvalue weighted by Crippen LogP contribution is 2.22. The summed E-state index contributed by atoms with van der Waals surface area (Å²) in [5, 5.41) is 2.31. The third-order valence-electron chi connectivity index (χ3n) is 5.42. The number of carbonyl (C=O) groups is 4. The Labute approximate surface area is 174 Å². The van der Waals surface area contributed by atoms with Gasteiger partial charge in [0, 0.05) is 38.7 Å². The molecule has 0 aromatic heterocycles. The van der Waals surface area contributed by atoms with Crippen molar-refractivity contribution in [1.29, 1.82) is 0 Å². The first-order valence-electron chi connectivity index (χ1n) is 9.75. The summed E-state index contributed by atoms with van der Waals surface area (Å²) in [5.41, 5.74) is 2.90. The summed E-state index contributed by atoms with van der Waals surface area (Å²) in [4.78, 5) is 51.4. The quantitative estimate of drug-likeness (QED) is 0.628. The van der Waals surface area contributed by atoms with Gasteiger partial charge in [-0.15, -0.1) is 0 Å². The van der Waals surface area contributed by atoms with E-state index in [0.717, 1.165) is 5.56 Å². The average Bonchev–Trinajstić information content (AvgIpc) is 3.06. The Morgan fingerprint density at radius 2 is 1.53 bits per heavy atom. The van der Waals surface area contributed by atoms with Crippen LogP contribution in [0.1, 0.15) is 49.1 Å². The number of piperazine rings is 1. The lowest BCUT2D eigenvalue weighted by Gasteiger charge is -2.34. The van der Waals surface area contributed by atoms with Gasteiger partial charge in [0.1, 0.15) is 0 Å². The molecule has 4 amide bonds. The van der Waals surface area contributed by atoms with Gasteiger partial charge >= 0.3 is 0 Å². The standard InChI is InChI=1S/C23H21N3O4/c1-15(27)25-11-13-26(14-12-25)23(30)18-9-6-16(7-10-18)5-8-17-3-2-4-19-20(17)22(29)24-21(19)28/h2-10H,11-14H2,1H3,(H,24,28,29)/b8-5+. The van der Waals surface area contributed by atoms with Crippen molar-refractivity contribution in [2.45, 2.75) is 6.92 Å². The van der Waals surface area contributed by atoms with Gasteiger partial charge in [-0.2, -0.15) is 0 Å². The van der Waals surface area contributed by atoms with E-state index in [1.165, 1.54) is 6.92 Å². The monoisotopic (exact) mass is 403 g/mol. The van der Waals surface area contributed by atoms with Crippen LogP contribution in [0, 0.1) is 0 Å². The highest BCUT2D eigenvalue weighted by Gasteiger charge is 2.28. The van der Waals surface area contributed by atoms with Crippen LogP contribution in [-0.4, -0.2) is 59.6 Å². The van der Waals surface area contributed by atoms with Gasteiger partial charge in [0.2, 0.25) is 5.91 Å². The fraction of sp³-hybridized carbons (Fsp3) is 0.217. The van der Waals surface area contributed by atoms with Crippen molar-refractivity contribution in [2.75, 3.05) is 26.2 Å². The van der Waals surface area contributed by atoms with Gasteiger partial charge in [-0.25, -0.2) is 0 Å². The Morgan fingerprint density at radius 1 is 0.867 bits per heavy atom. The second-order valence-corrected chi connectivity index (χ2v) is 7.31. The number of nitrogens with zero attached hydrogens (tertiary/aromatic N) is 2. The van der Waals surface area contributed by atoms with E-state index in [1.807, 2.05) is 18.2 Å². The van der Waals surface area contributed by atoms with Crippen LogP contribution >= 0.6 is 0 Å². The summed E-state index contributed by atoms with van der Waals surface area (Å²) in [6.07, 6.45) is 3.63. The fourth-order valence-corrected chi connectivity index (χ4v) is 3.71. The van der Waals surface area contributed by atoms with Crippen LogP contribution in [0.5, 0.6) is 0 Å². The minimum Gasteiger partial charge on any atom is -0.339 e. The highest BCUT2D eigenvalue weighted by molar-refractivity contribution is 6.23. The first-order valence-corrected chi connectivity index (χ1v) is 9.75. The molecule has 2 aliphatic rings. The van der Waals surface area contributed by atoms with Gasteiger partial charge < -0.3 is 9.80 Å². The number of nitrogens with one attached hydrogen (secondary N) is 1. The number of fused-ring (bicyclic) bond motifs is 1. The first kappa shape index (κ1) is 19.6. The SMILES string of the molecule is CC(=O)N1CCN(C(=O)c2ccc(/C=C/c3cccc4c3C(=O)NC4=O)cc2)CC1. The topological polar surface area (TPSA) is 86.8 Å². The zero-order valence-corrected chi connectivity index (χ0v) is 16.6. The zero-order chi connectivity index (χ0) is 21.3. The second-order valence-electron chi connectivity index (χ2n) is 7.31. The molecule has 1 N–H and O–H groups in total. The Hall–Kier alpha value is -3.74. The molecule has 7 heteroatoms. The van der Waals surface area contributed by atoms with Crippen molar-refractivity contribution in [3.8, 4) is 0 Å². The molecule has 2 aromatic rings. The van der Waals surface area contributed by atoms with Gasteiger partial charge in [-0.3, -0.25) is 24.5 Å². The number of rotatable bonds is 3. The number of amides is 4. The largest absolute Gasteiger partial charge is 0.339 e. The molecule has 2 heterocycles. The van der Waals surface area contributed by atoms with Gasteiger partial charge in [0.05, 0.1) is 11.1 Å². The summed E-state index contributed by atoms with van der Waals surface area (Å²) < 4.78 is 0. The lowest BCUT2D eigenvalue weighted by Crippen LogP contribution is -2.50. The molecular weight excluding hydrogens is 382 g/mol. The molecule has 0 radical (unpaired) electrons. The number of hydrogen-bond acceptors (Lipinski definition) is 4. The Balaban J connectivity index is 1.45. The third kappa shape index (κ3) is 3.74. The zero-order valence-electron chi connectivity index (χ0n) is 16.6. The Kier molecular flexibility index (Phi) is 5.18. The van der Waals surface area contributed by atoms with E-state index in [1.54, 1.807) is 46.2 Å². The minimum atomic E-state index is -0.388. The fourth-order valence-electron chi connectivity index (χ4n) is 3.71. The lowest BCUT2D eigenvalue weighted by atomic mass is 10.0. The van der Waals surface area contributed by atoms with E-state index in [2.05, 4.69) is 5.32 Å². The van der Waals surface area contributed by atoms with Crippen LogP contribution in [0.15, 0.2) is 42.5 Å². The van der Waals surface area contributed by atoms with Crippen molar-refractivity contribution in [3.05, 3.63) is 70.3 Å². The molecule has 2 aliphatic heterocycles. The van der Waals surface area contributed by atoms with Crippen molar-refractivity contribution < 1.29 is 19.2 Å².